The third-order valence-electron chi connectivity index (χ3n) is 4.32. The van der Waals surface area contributed by atoms with E-state index < -0.39 is 0 Å². The van der Waals surface area contributed by atoms with Crippen molar-refractivity contribution in [2.75, 3.05) is 0 Å². The second-order valence-electron chi connectivity index (χ2n) is 5.86. The second kappa shape index (κ2) is 4.14. The molecule has 2 nitrogen and oxygen atoms in total. The van der Waals surface area contributed by atoms with Gasteiger partial charge in [0.05, 0.1) is 5.69 Å². The molecule has 0 saturated heterocycles. The molecule has 1 N–H and O–H groups in total. The SMILES string of the molecule is C=C(C=N)C1=C(C)c2nccc3cccc(c23)C1(C)C. The molecule has 1 heterocycles. The van der Waals surface area contributed by atoms with E-state index in [0.29, 0.717) is 0 Å². The number of aromatic nitrogens is 1. The molecule has 0 saturated carbocycles. The first-order chi connectivity index (χ1) is 9.48. The van der Waals surface area contributed by atoms with Gasteiger partial charge in [0, 0.05) is 23.2 Å². The van der Waals surface area contributed by atoms with Crippen molar-refractivity contribution in [1.82, 2.24) is 4.98 Å². The van der Waals surface area contributed by atoms with Crippen molar-refractivity contribution >= 4 is 22.6 Å². The van der Waals surface area contributed by atoms with Gasteiger partial charge < -0.3 is 5.41 Å². The molecule has 0 spiro atoms. The third-order valence-corrected chi connectivity index (χ3v) is 4.32. The maximum atomic E-state index is 7.56. The van der Waals surface area contributed by atoms with Crippen LogP contribution in [-0.4, -0.2) is 11.2 Å². The van der Waals surface area contributed by atoms with Crippen molar-refractivity contribution in [3.05, 3.63) is 59.4 Å². The highest BCUT2D eigenvalue weighted by molar-refractivity contribution is 6.02. The summed E-state index contributed by atoms with van der Waals surface area (Å²) in [6.45, 7) is 10.5. The summed E-state index contributed by atoms with van der Waals surface area (Å²) in [7, 11) is 0. The van der Waals surface area contributed by atoms with E-state index in [4.69, 9.17) is 5.41 Å². The van der Waals surface area contributed by atoms with Crippen molar-refractivity contribution in [1.29, 1.82) is 5.41 Å². The predicted molar refractivity (Wildman–Crippen MR) is 85.3 cm³/mol. The van der Waals surface area contributed by atoms with Gasteiger partial charge in [-0.05, 0) is 40.7 Å². The third kappa shape index (κ3) is 1.51. The van der Waals surface area contributed by atoms with Gasteiger partial charge in [0.1, 0.15) is 0 Å². The lowest BCUT2D eigenvalue weighted by molar-refractivity contribution is 0.638. The molecule has 0 atom stereocenters. The van der Waals surface area contributed by atoms with Gasteiger partial charge in [-0.3, -0.25) is 4.98 Å². The molecule has 2 heteroatoms. The minimum atomic E-state index is -0.158. The highest BCUT2D eigenvalue weighted by Crippen LogP contribution is 2.47. The predicted octanol–water partition coefficient (Wildman–Crippen LogP) is 4.51. The van der Waals surface area contributed by atoms with E-state index in [0.717, 1.165) is 22.4 Å². The molecule has 2 aromatic rings. The normalized spacial score (nSPS) is 16.4. The summed E-state index contributed by atoms with van der Waals surface area (Å²) in [6.07, 6.45) is 3.20. The van der Waals surface area contributed by atoms with Gasteiger partial charge >= 0.3 is 0 Å². The maximum absolute atomic E-state index is 7.56. The Balaban J connectivity index is 2.50. The lowest BCUT2D eigenvalue weighted by Gasteiger charge is -2.36. The molecule has 0 fully saturated rings. The minimum absolute atomic E-state index is 0.158. The van der Waals surface area contributed by atoms with E-state index in [1.54, 1.807) is 0 Å². The number of hydrogen-bond acceptors (Lipinski definition) is 2. The van der Waals surface area contributed by atoms with Crippen LogP contribution in [0.15, 0.2) is 48.2 Å². The number of nitrogens with zero attached hydrogens (tertiary/aromatic N) is 1. The van der Waals surface area contributed by atoms with Gasteiger partial charge in [-0.25, -0.2) is 0 Å². The highest BCUT2D eigenvalue weighted by atomic mass is 14.7. The van der Waals surface area contributed by atoms with E-state index in [2.05, 4.69) is 56.6 Å². The number of nitrogens with one attached hydrogen (secondary N) is 1. The molecule has 0 bridgehead atoms. The fourth-order valence-electron chi connectivity index (χ4n) is 3.47. The molecule has 1 aromatic heterocycles. The van der Waals surface area contributed by atoms with Crippen LogP contribution < -0.4 is 0 Å². The number of allylic oxidation sites excluding steroid dienone is 3. The van der Waals surface area contributed by atoms with Gasteiger partial charge in [0.15, 0.2) is 0 Å². The van der Waals surface area contributed by atoms with Crippen molar-refractivity contribution in [2.24, 2.45) is 0 Å². The zero-order valence-corrected chi connectivity index (χ0v) is 12.1. The Kier molecular flexibility index (Phi) is 2.65. The Labute approximate surface area is 119 Å². The highest BCUT2D eigenvalue weighted by Gasteiger charge is 2.35. The van der Waals surface area contributed by atoms with Crippen molar-refractivity contribution in [2.45, 2.75) is 26.2 Å². The van der Waals surface area contributed by atoms with Gasteiger partial charge in [0.25, 0.3) is 0 Å². The summed E-state index contributed by atoms with van der Waals surface area (Å²) in [5, 5.41) is 10.0. The zero-order chi connectivity index (χ0) is 14.5. The Morgan fingerprint density at radius 1 is 1.30 bits per heavy atom. The standard InChI is InChI=1S/C18H18N2/c1-11(10-19)16-12(2)17-15-13(8-9-20-17)6-5-7-14(15)18(16,3)4/h5-10,19H,1H2,2-4H3. The molecule has 3 rings (SSSR count). The summed E-state index contributed by atoms with van der Waals surface area (Å²) >= 11 is 0. The number of pyridine rings is 1. The zero-order valence-electron chi connectivity index (χ0n) is 12.1. The van der Waals surface area contributed by atoms with Crippen molar-refractivity contribution in [3.8, 4) is 0 Å². The van der Waals surface area contributed by atoms with Crippen molar-refractivity contribution in [3.63, 3.8) is 0 Å². The lowest BCUT2D eigenvalue weighted by Crippen LogP contribution is -2.26. The van der Waals surface area contributed by atoms with Gasteiger partial charge in [-0.2, -0.15) is 0 Å². The topological polar surface area (TPSA) is 36.7 Å². The minimum Gasteiger partial charge on any atom is -0.308 e. The molecule has 0 amide bonds. The fourth-order valence-corrected chi connectivity index (χ4v) is 3.47. The Morgan fingerprint density at radius 3 is 2.75 bits per heavy atom. The van der Waals surface area contributed by atoms with Crippen LogP contribution in [0.2, 0.25) is 0 Å². The molecule has 0 unspecified atom stereocenters. The van der Waals surface area contributed by atoms with Crippen LogP contribution in [0.4, 0.5) is 0 Å². The van der Waals surface area contributed by atoms with E-state index in [1.165, 1.54) is 22.6 Å². The molecule has 1 aliphatic rings. The average molecular weight is 262 g/mol. The van der Waals surface area contributed by atoms with Gasteiger partial charge in [-0.1, -0.05) is 38.6 Å². The van der Waals surface area contributed by atoms with E-state index in [9.17, 15) is 0 Å². The van der Waals surface area contributed by atoms with Crippen LogP contribution in [0.25, 0.3) is 16.3 Å². The number of rotatable bonds is 2. The lowest BCUT2D eigenvalue weighted by atomic mass is 9.68. The first kappa shape index (κ1) is 12.8. The van der Waals surface area contributed by atoms with Gasteiger partial charge in [-0.15, -0.1) is 0 Å². The Bertz CT molecular complexity index is 774. The fraction of sp³-hybridized carbons (Fsp3) is 0.222. The number of hydrogen-bond donors (Lipinski definition) is 1. The summed E-state index contributed by atoms with van der Waals surface area (Å²) in [6, 6.07) is 8.44. The quantitative estimate of drug-likeness (QED) is 0.794. The van der Waals surface area contributed by atoms with Crippen LogP contribution in [0.5, 0.6) is 0 Å². The van der Waals surface area contributed by atoms with E-state index in [-0.39, 0.29) is 5.41 Å². The molecular weight excluding hydrogens is 244 g/mol. The molecule has 1 aromatic carbocycles. The average Bonchev–Trinajstić information content (AvgIpc) is 2.44. The molecule has 20 heavy (non-hydrogen) atoms. The summed E-state index contributed by atoms with van der Waals surface area (Å²) in [5.74, 6) is 0. The summed E-state index contributed by atoms with van der Waals surface area (Å²) in [5.41, 5.74) is 5.14. The molecule has 0 radical (unpaired) electrons. The Hall–Kier alpha value is -2.22. The summed E-state index contributed by atoms with van der Waals surface area (Å²) < 4.78 is 0. The Morgan fingerprint density at radius 2 is 2.05 bits per heavy atom. The molecule has 0 aliphatic heterocycles. The maximum Gasteiger partial charge on any atom is 0.0743 e. The van der Waals surface area contributed by atoms with Crippen LogP contribution in [0, 0.1) is 5.41 Å². The molecular formula is C18H18N2. The van der Waals surface area contributed by atoms with E-state index >= 15 is 0 Å². The van der Waals surface area contributed by atoms with Crippen LogP contribution in [-0.2, 0) is 5.41 Å². The smallest absolute Gasteiger partial charge is 0.0743 e. The monoisotopic (exact) mass is 262 g/mol. The van der Waals surface area contributed by atoms with Crippen LogP contribution in [0.3, 0.4) is 0 Å². The molecule has 1 aliphatic carbocycles. The van der Waals surface area contributed by atoms with E-state index in [1.807, 2.05) is 6.20 Å². The van der Waals surface area contributed by atoms with Crippen molar-refractivity contribution < 1.29 is 0 Å². The van der Waals surface area contributed by atoms with Crippen LogP contribution >= 0.6 is 0 Å². The summed E-state index contributed by atoms with van der Waals surface area (Å²) in [4.78, 5) is 4.58. The number of benzene rings is 1. The largest absolute Gasteiger partial charge is 0.308 e. The molecule has 100 valence electrons. The van der Waals surface area contributed by atoms with Gasteiger partial charge in [0.2, 0.25) is 0 Å². The first-order valence-corrected chi connectivity index (χ1v) is 6.78. The first-order valence-electron chi connectivity index (χ1n) is 6.78. The second-order valence-corrected chi connectivity index (χ2v) is 5.86. The van der Waals surface area contributed by atoms with Crippen LogP contribution in [0.1, 0.15) is 32.0 Å².